The Balaban J connectivity index is 1.80. The Hall–Kier alpha value is -2.21. The fourth-order valence-corrected chi connectivity index (χ4v) is 3.00. The Bertz CT molecular complexity index is 793. The van der Waals surface area contributed by atoms with E-state index in [0.717, 1.165) is 6.07 Å². The van der Waals surface area contributed by atoms with Crippen molar-refractivity contribution in [3.63, 3.8) is 0 Å². The largest absolute Gasteiger partial charge is 0.378 e. The van der Waals surface area contributed by atoms with E-state index in [1.807, 2.05) is 0 Å². The summed E-state index contributed by atoms with van der Waals surface area (Å²) in [5.41, 5.74) is -0.519. The number of anilines is 1. The number of rotatable bonds is 29. The topological polar surface area (TPSA) is 172 Å². The Morgan fingerprint density at radius 1 is 0.575 bits per heavy atom. The van der Waals surface area contributed by atoms with Crippen molar-refractivity contribution in [3.05, 3.63) is 38.4 Å². The highest BCUT2D eigenvalue weighted by Crippen LogP contribution is 2.28. The van der Waals surface area contributed by atoms with Crippen molar-refractivity contribution in [2.24, 2.45) is 0 Å². The van der Waals surface area contributed by atoms with Crippen molar-refractivity contribution in [2.45, 2.75) is 0 Å². The van der Waals surface area contributed by atoms with Gasteiger partial charge >= 0.3 is 0 Å². The molecule has 1 aromatic carbocycles. The molecule has 16 heteroatoms. The van der Waals surface area contributed by atoms with Gasteiger partial charge in [0.15, 0.2) is 0 Å². The predicted molar refractivity (Wildman–Crippen MR) is 146 cm³/mol. The SMILES string of the molecule is O=[N+]([O-])c1ccc(NCCOCCOCCOCCOCCOCCOCCOCCOCCCl)c([N+](=O)[O-])c1. The molecule has 0 aromatic heterocycles. The van der Waals surface area contributed by atoms with E-state index in [-0.39, 0.29) is 23.7 Å². The summed E-state index contributed by atoms with van der Waals surface area (Å²) >= 11 is 5.49. The van der Waals surface area contributed by atoms with Crippen molar-refractivity contribution in [1.82, 2.24) is 0 Å². The molecular weight excluding hydrogens is 558 g/mol. The smallest absolute Gasteiger partial charge is 0.299 e. The second kappa shape index (κ2) is 25.7. The van der Waals surface area contributed by atoms with Gasteiger partial charge in [0.05, 0.1) is 122 Å². The summed E-state index contributed by atoms with van der Waals surface area (Å²) < 4.78 is 43.0. The highest BCUT2D eigenvalue weighted by atomic mass is 35.5. The molecule has 0 aliphatic carbocycles. The maximum Gasteiger partial charge on any atom is 0.299 e. The number of benzene rings is 1. The summed E-state index contributed by atoms with van der Waals surface area (Å²) in [5.74, 6) is 0.482. The number of nitrogens with zero attached hydrogens (tertiary/aromatic N) is 2. The fraction of sp³-hybridized carbons (Fsp3) is 0.750. The zero-order valence-electron chi connectivity index (χ0n) is 22.6. The van der Waals surface area contributed by atoms with E-state index in [1.165, 1.54) is 12.1 Å². The van der Waals surface area contributed by atoms with Gasteiger partial charge in [0.1, 0.15) is 5.69 Å². The number of nitrogens with one attached hydrogen (secondary N) is 1. The van der Waals surface area contributed by atoms with Crippen molar-refractivity contribution in [3.8, 4) is 0 Å². The first-order chi connectivity index (χ1) is 19.6. The number of nitro groups is 2. The standard InChI is InChI=1S/C24H40ClN3O12/c25-3-5-33-7-9-35-11-13-37-15-17-39-19-20-40-18-16-38-14-12-36-10-8-34-6-4-26-23-2-1-22(27(29)30)21-24(23)28(31)32/h1-2,21,26H,3-20H2. The minimum Gasteiger partial charge on any atom is -0.378 e. The van der Waals surface area contributed by atoms with Crippen LogP contribution in [0.25, 0.3) is 0 Å². The Morgan fingerprint density at radius 3 is 1.30 bits per heavy atom. The van der Waals surface area contributed by atoms with E-state index in [1.54, 1.807) is 0 Å². The van der Waals surface area contributed by atoms with Gasteiger partial charge in [-0.15, -0.1) is 11.6 Å². The summed E-state index contributed by atoms with van der Waals surface area (Å²) in [6, 6.07) is 3.43. The minimum absolute atomic E-state index is 0.188. The summed E-state index contributed by atoms with van der Waals surface area (Å²) in [4.78, 5) is 20.5. The molecule has 0 atom stereocenters. The number of non-ortho nitro benzene ring substituents is 1. The molecule has 0 fully saturated rings. The molecule has 0 spiro atoms. The van der Waals surface area contributed by atoms with Gasteiger partial charge in [0.25, 0.3) is 11.4 Å². The summed E-state index contributed by atoms with van der Waals surface area (Å²) in [6.07, 6.45) is 0. The monoisotopic (exact) mass is 597 g/mol. The Morgan fingerprint density at radius 2 is 0.950 bits per heavy atom. The maximum absolute atomic E-state index is 11.1. The van der Waals surface area contributed by atoms with Gasteiger partial charge in [-0.1, -0.05) is 0 Å². The van der Waals surface area contributed by atoms with E-state index < -0.39 is 9.85 Å². The lowest BCUT2D eigenvalue weighted by molar-refractivity contribution is -0.393. The third-order valence-corrected chi connectivity index (χ3v) is 4.93. The number of hydrogen-bond donors (Lipinski definition) is 1. The van der Waals surface area contributed by atoms with Gasteiger partial charge in [0.2, 0.25) is 0 Å². The van der Waals surface area contributed by atoms with Crippen LogP contribution in [-0.4, -0.2) is 128 Å². The number of nitro benzene ring substituents is 2. The number of alkyl halides is 1. The second-order valence-corrected chi connectivity index (χ2v) is 8.11. The van der Waals surface area contributed by atoms with Crippen LogP contribution in [0.15, 0.2) is 18.2 Å². The molecule has 0 aliphatic heterocycles. The highest BCUT2D eigenvalue weighted by molar-refractivity contribution is 6.17. The number of ether oxygens (including phenoxy) is 8. The van der Waals surface area contributed by atoms with E-state index in [9.17, 15) is 20.2 Å². The van der Waals surface area contributed by atoms with Crippen LogP contribution < -0.4 is 5.32 Å². The molecule has 0 saturated carbocycles. The average molecular weight is 598 g/mol. The molecule has 1 rings (SSSR count). The summed E-state index contributed by atoms with van der Waals surface area (Å²) in [6.45, 7) is 7.52. The number of halogens is 1. The lowest BCUT2D eigenvalue weighted by Gasteiger charge is -2.09. The molecule has 0 aliphatic rings. The predicted octanol–water partition coefficient (Wildman–Crippen LogP) is 2.29. The van der Waals surface area contributed by atoms with E-state index in [2.05, 4.69) is 5.32 Å². The van der Waals surface area contributed by atoms with Crippen LogP contribution in [0.4, 0.5) is 17.1 Å². The first kappa shape index (κ1) is 35.8. The van der Waals surface area contributed by atoms with E-state index in [0.29, 0.717) is 112 Å². The second-order valence-electron chi connectivity index (χ2n) is 7.73. The first-order valence-corrected chi connectivity index (χ1v) is 13.4. The third-order valence-electron chi connectivity index (χ3n) is 4.78. The van der Waals surface area contributed by atoms with Gasteiger partial charge in [-0.25, -0.2) is 0 Å². The van der Waals surface area contributed by atoms with Crippen molar-refractivity contribution in [1.29, 1.82) is 0 Å². The van der Waals surface area contributed by atoms with Crippen LogP contribution in [0.1, 0.15) is 0 Å². The van der Waals surface area contributed by atoms with Gasteiger partial charge < -0.3 is 43.2 Å². The van der Waals surface area contributed by atoms with E-state index in [4.69, 9.17) is 49.5 Å². The zero-order chi connectivity index (χ0) is 29.1. The molecular formula is C24H40ClN3O12. The molecule has 0 heterocycles. The van der Waals surface area contributed by atoms with E-state index >= 15 is 0 Å². The third kappa shape index (κ3) is 19.8. The molecule has 230 valence electrons. The summed E-state index contributed by atoms with van der Waals surface area (Å²) in [7, 11) is 0. The normalized spacial score (nSPS) is 11.1. The minimum atomic E-state index is -0.681. The van der Waals surface area contributed by atoms with Gasteiger partial charge in [-0.05, 0) is 6.07 Å². The lowest BCUT2D eigenvalue weighted by Crippen LogP contribution is -2.15. The summed E-state index contributed by atoms with van der Waals surface area (Å²) in [5, 5.41) is 24.7. The Labute approximate surface area is 238 Å². The van der Waals surface area contributed by atoms with Gasteiger partial charge in [0, 0.05) is 18.5 Å². The van der Waals surface area contributed by atoms with Crippen LogP contribution >= 0.6 is 11.6 Å². The molecule has 0 unspecified atom stereocenters. The van der Waals surface area contributed by atoms with Crippen molar-refractivity contribution < 1.29 is 47.7 Å². The van der Waals surface area contributed by atoms with Crippen LogP contribution in [0.3, 0.4) is 0 Å². The molecule has 1 aromatic rings. The molecule has 0 saturated heterocycles. The molecule has 1 N–H and O–H groups in total. The molecule has 15 nitrogen and oxygen atoms in total. The highest BCUT2D eigenvalue weighted by Gasteiger charge is 2.18. The average Bonchev–Trinajstić information content (AvgIpc) is 2.94. The number of hydrogen-bond acceptors (Lipinski definition) is 13. The van der Waals surface area contributed by atoms with Gasteiger partial charge in [-0.3, -0.25) is 20.2 Å². The van der Waals surface area contributed by atoms with Crippen LogP contribution in [-0.2, 0) is 37.9 Å². The van der Waals surface area contributed by atoms with Crippen LogP contribution in [0, 0.1) is 20.2 Å². The Kier molecular flexibility index (Phi) is 23.0. The zero-order valence-corrected chi connectivity index (χ0v) is 23.4. The lowest BCUT2D eigenvalue weighted by atomic mass is 10.2. The van der Waals surface area contributed by atoms with Gasteiger partial charge in [-0.2, -0.15) is 0 Å². The fourth-order valence-electron chi connectivity index (χ4n) is 2.89. The van der Waals surface area contributed by atoms with Crippen molar-refractivity contribution in [2.75, 3.05) is 123 Å². The van der Waals surface area contributed by atoms with Crippen LogP contribution in [0.5, 0.6) is 0 Å². The van der Waals surface area contributed by atoms with Crippen molar-refractivity contribution >= 4 is 28.7 Å². The first-order valence-electron chi connectivity index (χ1n) is 12.9. The molecule has 0 amide bonds. The quantitative estimate of drug-likeness (QED) is 0.0617. The molecule has 40 heavy (non-hydrogen) atoms. The molecule has 0 bridgehead atoms. The maximum atomic E-state index is 11.1. The van der Waals surface area contributed by atoms with Crippen LogP contribution in [0.2, 0.25) is 0 Å². The molecule has 0 radical (unpaired) electrons.